The number of hydrogen-bond acceptors (Lipinski definition) is 2. The van der Waals surface area contributed by atoms with Crippen molar-refractivity contribution in [1.29, 1.82) is 0 Å². The zero-order valence-corrected chi connectivity index (χ0v) is 7.12. The van der Waals surface area contributed by atoms with Crippen molar-refractivity contribution in [3.63, 3.8) is 0 Å². The van der Waals surface area contributed by atoms with E-state index < -0.39 is 11.7 Å². The first-order valence-corrected chi connectivity index (χ1v) is 3.65. The van der Waals surface area contributed by atoms with Gasteiger partial charge in [-0.25, -0.2) is 0 Å². The van der Waals surface area contributed by atoms with E-state index in [1.807, 2.05) is 0 Å². The second kappa shape index (κ2) is 3.29. The molecule has 0 amide bonds. The fraction of sp³-hybridized carbons (Fsp3) is 0.143. The van der Waals surface area contributed by atoms with Gasteiger partial charge in [0.05, 0.1) is 5.56 Å². The lowest BCUT2D eigenvalue weighted by Gasteiger charge is -2.10. The molecule has 2 N–H and O–H groups in total. The Morgan fingerprint density at radius 2 is 2.08 bits per heavy atom. The molecule has 0 spiro atoms. The largest absolute Gasteiger partial charge is 0.417 e. The topological polar surface area (TPSA) is 38.9 Å². The Bertz CT molecular complexity index is 335. The first kappa shape index (κ1) is 9.91. The summed E-state index contributed by atoms with van der Waals surface area (Å²) in [6.45, 7) is 0. The maximum atomic E-state index is 12.3. The Morgan fingerprint density at radius 1 is 1.46 bits per heavy atom. The number of thiocarbonyl (C=S) groups is 1. The van der Waals surface area contributed by atoms with E-state index in [9.17, 15) is 13.2 Å². The van der Waals surface area contributed by atoms with Gasteiger partial charge in [-0.2, -0.15) is 13.2 Å². The van der Waals surface area contributed by atoms with Crippen LogP contribution in [0.25, 0.3) is 0 Å². The van der Waals surface area contributed by atoms with E-state index in [0.29, 0.717) is 0 Å². The van der Waals surface area contributed by atoms with Crippen LogP contribution in [0.5, 0.6) is 0 Å². The summed E-state index contributed by atoms with van der Waals surface area (Å²) >= 11 is 4.46. The fourth-order valence-corrected chi connectivity index (χ4v) is 1.00. The Kier molecular flexibility index (Phi) is 2.51. The van der Waals surface area contributed by atoms with Crippen LogP contribution in [0.3, 0.4) is 0 Å². The summed E-state index contributed by atoms with van der Waals surface area (Å²) in [6, 6.07) is 0.842. The monoisotopic (exact) mass is 206 g/mol. The van der Waals surface area contributed by atoms with Gasteiger partial charge >= 0.3 is 6.18 Å². The highest BCUT2D eigenvalue weighted by Gasteiger charge is 2.33. The van der Waals surface area contributed by atoms with E-state index in [-0.39, 0.29) is 10.6 Å². The van der Waals surface area contributed by atoms with Crippen LogP contribution in [0, 0.1) is 0 Å². The van der Waals surface area contributed by atoms with Crippen LogP contribution in [-0.2, 0) is 6.18 Å². The number of rotatable bonds is 1. The molecule has 0 unspecified atom stereocenters. The lowest BCUT2D eigenvalue weighted by atomic mass is 10.1. The van der Waals surface area contributed by atoms with Crippen molar-refractivity contribution in [3.8, 4) is 0 Å². The van der Waals surface area contributed by atoms with E-state index in [1.165, 1.54) is 0 Å². The van der Waals surface area contributed by atoms with Crippen molar-refractivity contribution < 1.29 is 13.2 Å². The molecule has 70 valence electrons. The van der Waals surface area contributed by atoms with Gasteiger partial charge in [-0.1, -0.05) is 12.2 Å². The van der Waals surface area contributed by atoms with Gasteiger partial charge in [-0.15, -0.1) is 0 Å². The molecule has 0 saturated heterocycles. The third-order valence-corrected chi connectivity index (χ3v) is 1.61. The molecule has 0 aromatic carbocycles. The molecule has 2 nitrogen and oxygen atoms in total. The summed E-state index contributed by atoms with van der Waals surface area (Å²) in [6.07, 6.45) is -2.39. The van der Waals surface area contributed by atoms with E-state index in [1.54, 1.807) is 0 Å². The van der Waals surface area contributed by atoms with Gasteiger partial charge in [0.25, 0.3) is 0 Å². The van der Waals surface area contributed by atoms with Gasteiger partial charge in [-0.3, -0.25) is 4.98 Å². The minimum atomic E-state index is -4.44. The Balaban J connectivity index is 3.28. The standard InChI is InChI=1S/C7H5F3N2S/c8-7(9,10)5-1-2-12-3-4(5)6(11)13/h1-3H,(H2,11,13). The molecule has 0 aliphatic heterocycles. The number of hydrogen-bond donors (Lipinski definition) is 1. The van der Waals surface area contributed by atoms with Crippen molar-refractivity contribution in [1.82, 2.24) is 4.98 Å². The van der Waals surface area contributed by atoms with Gasteiger partial charge in [-0.05, 0) is 6.07 Å². The summed E-state index contributed by atoms with van der Waals surface area (Å²) in [4.78, 5) is 3.21. The lowest BCUT2D eigenvalue weighted by Crippen LogP contribution is -2.18. The molecule has 0 atom stereocenters. The predicted molar refractivity (Wildman–Crippen MR) is 45.1 cm³/mol. The Morgan fingerprint density at radius 3 is 2.46 bits per heavy atom. The fourth-order valence-electron chi connectivity index (χ4n) is 0.838. The molecule has 1 aromatic heterocycles. The molecule has 1 rings (SSSR count). The van der Waals surface area contributed by atoms with Crippen molar-refractivity contribution in [2.75, 3.05) is 0 Å². The summed E-state index contributed by atoms with van der Waals surface area (Å²) in [5, 5.41) is 0. The van der Waals surface area contributed by atoms with Crippen molar-refractivity contribution in [3.05, 3.63) is 29.6 Å². The molecule has 1 aromatic rings. The number of alkyl halides is 3. The number of halogens is 3. The quantitative estimate of drug-likeness (QED) is 0.711. The zero-order valence-electron chi connectivity index (χ0n) is 6.30. The molecule has 0 aliphatic carbocycles. The second-order valence-electron chi connectivity index (χ2n) is 2.28. The lowest BCUT2D eigenvalue weighted by molar-refractivity contribution is -0.137. The molecule has 0 fully saturated rings. The highest BCUT2D eigenvalue weighted by molar-refractivity contribution is 7.80. The second-order valence-corrected chi connectivity index (χ2v) is 2.72. The van der Waals surface area contributed by atoms with E-state index in [4.69, 9.17) is 5.73 Å². The summed E-state index contributed by atoms with van der Waals surface area (Å²) in [7, 11) is 0. The molecular formula is C7H5F3N2S. The first-order valence-electron chi connectivity index (χ1n) is 3.24. The van der Waals surface area contributed by atoms with Crippen LogP contribution in [0.15, 0.2) is 18.5 Å². The number of nitrogens with two attached hydrogens (primary N) is 1. The van der Waals surface area contributed by atoms with Crippen molar-refractivity contribution in [2.45, 2.75) is 6.18 Å². The minimum absolute atomic E-state index is 0.245. The zero-order chi connectivity index (χ0) is 10.1. The molecule has 0 radical (unpaired) electrons. The van der Waals surface area contributed by atoms with Gasteiger partial charge in [0.15, 0.2) is 0 Å². The summed E-state index contributed by atoms with van der Waals surface area (Å²) < 4.78 is 36.8. The van der Waals surface area contributed by atoms with Crippen LogP contribution in [0.4, 0.5) is 13.2 Å². The average molecular weight is 206 g/mol. The molecular weight excluding hydrogens is 201 g/mol. The third kappa shape index (κ3) is 2.15. The molecule has 13 heavy (non-hydrogen) atoms. The molecule has 0 bridgehead atoms. The SMILES string of the molecule is NC(=S)c1cnccc1C(F)(F)F. The number of pyridine rings is 1. The van der Waals surface area contributed by atoms with Crippen molar-refractivity contribution in [2.24, 2.45) is 5.73 Å². The van der Waals surface area contributed by atoms with Crippen LogP contribution in [-0.4, -0.2) is 9.97 Å². The Labute approximate surface area is 77.6 Å². The first-order chi connectivity index (χ1) is 5.93. The van der Waals surface area contributed by atoms with Crippen LogP contribution in [0.2, 0.25) is 0 Å². The smallest absolute Gasteiger partial charge is 0.389 e. The van der Waals surface area contributed by atoms with Crippen LogP contribution in [0.1, 0.15) is 11.1 Å². The average Bonchev–Trinajstić information content (AvgIpc) is 2.03. The number of aromatic nitrogens is 1. The predicted octanol–water partition coefficient (Wildman–Crippen LogP) is 1.73. The van der Waals surface area contributed by atoms with Gasteiger partial charge in [0.2, 0.25) is 0 Å². The van der Waals surface area contributed by atoms with Gasteiger partial charge in [0, 0.05) is 18.0 Å². The molecule has 6 heteroatoms. The molecule has 0 saturated carbocycles. The normalized spacial score (nSPS) is 11.3. The van der Waals surface area contributed by atoms with E-state index >= 15 is 0 Å². The van der Waals surface area contributed by atoms with E-state index in [0.717, 1.165) is 18.5 Å². The Hall–Kier alpha value is -1.17. The van der Waals surface area contributed by atoms with Crippen LogP contribution < -0.4 is 5.73 Å². The van der Waals surface area contributed by atoms with Crippen LogP contribution >= 0.6 is 12.2 Å². The molecule has 0 aliphatic rings. The minimum Gasteiger partial charge on any atom is -0.389 e. The molecule has 1 heterocycles. The third-order valence-electron chi connectivity index (χ3n) is 1.39. The maximum Gasteiger partial charge on any atom is 0.417 e. The van der Waals surface area contributed by atoms with Gasteiger partial charge < -0.3 is 5.73 Å². The van der Waals surface area contributed by atoms with E-state index in [2.05, 4.69) is 17.2 Å². The maximum absolute atomic E-state index is 12.3. The highest BCUT2D eigenvalue weighted by Crippen LogP contribution is 2.31. The van der Waals surface area contributed by atoms with Gasteiger partial charge in [0.1, 0.15) is 4.99 Å². The summed E-state index contributed by atoms with van der Waals surface area (Å²) in [5.74, 6) is 0. The highest BCUT2D eigenvalue weighted by atomic mass is 32.1. The number of nitrogens with zero attached hydrogens (tertiary/aromatic N) is 1. The van der Waals surface area contributed by atoms with Crippen molar-refractivity contribution >= 4 is 17.2 Å². The summed E-state index contributed by atoms with van der Waals surface area (Å²) in [5.41, 5.74) is 4.01.